The summed E-state index contributed by atoms with van der Waals surface area (Å²) in [5, 5.41) is 0.285. The third kappa shape index (κ3) is 2.96. The van der Waals surface area contributed by atoms with Crippen LogP contribution in [0.15, 0.2) is 9.59 Å². The lowest BCUT2D eigenvalue weighted by Crippen LogP contribution is -2.43. The van der Waals surface area contributed by atoms with Crippen LogP contribution in [0.3, 0.4) is 0 Å². The van der Waals surface area contributed by atoms with E-state index >= 15 is 0 Å². The Morgan fingerprint density at radius 2 is 1.85 bits per heavy atom. The zero-order chi connectivity index (χ0) is 19.1. The van der Waals surface area contributed by atoms with Gasteiger partial charge in [0, 0.05) is 0 Å². The highest BCUT2D eigenvalue weighted by Crippen LogP contribution is 2.45. The van der Waals surface area contributed by atoms with Crippen molar-refractivity contribution in [3.63, 3.8) is 0 Å². The van der Waals surface area contributed by atoms with Gasteiger partial charge in [-0.05, 0) is 39.2 Å². The summed E-state index contributed by atoms with van der Waals surface area (Å²) in [4.78, 5) is 52.8. The van der Waals surface area contributed by atoms with Crippen molar-refractivity contribution in [3.05, 3.63) is 31.3 Å². The Balaban J connectivity index is 2.13. The Morgan fingerprint density at radius 3 is 2.42 bits per heavy atom. The molecule has 140 valence electrons. The Kier molecular flexibility index (Phi) is 4.74. The molecule has 0 unspecified atom stereocenters. The molecule has 3 rings (SSSR count). The fraction of sp³-hybridized carbons (Fsp3) is 0.529. The number of aromatic nitrogens is 2. The van der Waals surface area contributed by atoms with Crippen LogP contribution in [0.25, 0.3) is 10.2 Å². The van der Waals surface area contributed by atoms with E-state index in [0.29, 0.717) is 28.1 Å². The normalized spacial score (nSPS) is 15.0. The van der Waals surface area contributed by atoms with E-state index in [-0.39, 0.29) is 25.0 Å². The van der Waals surface area contributed by atoms with E-state index in [1.165, 1.54) is 0 Å². The van der Waals surface area contributed by atoms with Crippen LogP contribution in [-0.4, -0.2) is 34.7 Å². The minimum Gasteiger partial charge on any atom is -0.466 e. The number of carbonyl (C=O) groups excluding carboxylic acids is 2. The number of hydrogen-bond acceptors (Lipinski definition) is 7. The number of aryl methyl sites for hydroxylation is 1. The molecule has 8 nitrogen and oxygen atoms in total. The summed E-state index contributed by atoms with van der Waals surface area (Å²) in [6.45, 7) is 5.51. The molecule has 0 amide bonds. The fourth-order valence-electron chi connectivity index (χ4n) is 3.14. The highest BCUT2D eigenvalue weighted by molar-refractivity contribution is 7.20. The van der Waals surface area contributed by atoms with Gasteiger partial charge in [0.1, 0.15) is 9.71 Å². The minimum absolute atomic E-state index is 0.0246. The average Bonchev–Trinajstić information content (AvgIpc) is 3.23. The second kappa shape index (κ2) is 6.71. The molecule has 2 aromatic heterocycles. The van der Waals surface area contributed by atoms with Crippen LogP contribution in [0.1, 0.15) is 48.3 Å². The summed E-state index contributed by atoms with van der Waals surface area (Å²) in [7, 11) is 0. The quantitative estimate of drug-likeness (QED) is 0.764. The predicted octanol–water partition coefficient (Wildman–Crippen LogP) is 1.68. The number of aromatic amines is 1. The smallest absolute Gasteiger partial charge is 0.348 e. The zero-order valence-electron chi connectivity index (χ0n) is 14.8. The standard InChI is InChI=1S/C17H20N2O6S/c1-4-24-10(20)8-17(6-7-17)19-14(21)11-9(3)12(15(22)25-5-2)26-13(11)18-16(19)23/h4-8H2,1-3H3,(H,18,23). The van der Waals surface area contributed by atoms with Crippen molar-refractivity contribution in [3.8, 4) is 0 Å². The third-order valence-corrected chi connectivity index (χ3v) is 5.72. The zero-order valence-corrected chi connectivity index (χ0v) is 15.7. The van der Waals surface area contributed by atoms with Crippen molar-refractivity contribution in [1.29, 1.82) is 0 Å². The van der Waals surface area contributed by atoms with Gasteiger partial charge in [-0.15, -0.1) is 11.3 Å². The van der Waals surface area contributed by atoms with Crippen molar-refractivity contribution in [2.75, 3.05) is 13.2 Å². The van der Waals surface area contributed by atoms with E-state index in [1.807, 2.05) is 0 Å². The predicted molar refractivity (Wildman–Crippen MR) is 95.9 cm³/mol. The number of ether oxygens (including phenoxy) is 2. The molecule has 2 aromatic rings. The van der Waals surface area contributed by atoms with Crippen molar-refractivity contribution in [2.24, 2.45) is 0 Å². The van der Waals surface area contributed by atoms with E-state index in [2.05, 4.69) is 4.98 Å². The molecule has 0 aliphatic heterocycles. The lowest BCUT2D eigenvalue weighted by atomic mass is 10.1. The maximum Gasteiger partial charge on any atom is 0.348 e. The summed E-state index contributed by atoms with van der Waals surface area (Å²) in [6, 6.07) is 0. The Bertz CT molecular complexity index is 995. The summed E-state index contributed by atoms with van der Waals surface area (Å²) in [6.07, 6.45) is 1.08. The third-order valence-electron chi connectivity index (χ3n) is 4.53. The molecule has 0 aromatic carbocycles. The van der Waals surface area contributed by atoms with E-state index < -0.39 is 28.7 Å². The lowest BCUT2D eigenvalue weighted by molar-refractivity contribution is -0.144. The molecule has 1 N–H and O–H groups in total. The molecule has 0 saturated heterocycles. The maximum absolute atomic E-state index is 13.0. The molecular formula is C17H20N2O6S. The number of thiophene rings is 1. The van der Waals surface area contributed by atoms with E-state index in [0.717, 1.165) is 15.9 Å². The summed E-state index contributed by atoms with van der Waals surface area (Å²) in [5.41, 5.74) is -1.44. The maximum atomic E-state index is 13.0. The number of rotatable bonds is 6. The van der Waals surface area contributed by atoms with Gasteiger partial charge in [0.25, 0.3) is 5.56 Å². The molecule has 0 bridgehead atoms. The Labute approximate surface area is 152 Å². The number of hydrogen-bond donors (Lipinski definition) is 1. The minimum atomic E-state index is -0.844. The number of nitrogens with zero attached hydrogens (tertiary/aromatic N) is 1. The van der Waals surface area contributed by atoms with Gasteiger partial charge >= 0.3 is 17.6 Å². The number of H-pyrrole nitrogens is 1. The average molecular weight is 380 g/mol. The van der Waals surface area contributed by atoms with Gasteiger partial charge in [-0.25, -0.2) is 9.59 Å². The lowest BCUT2D eigenvalue weighted by Gasteiger charge is -2.16. The second-order valence-corrected chi connectivity index (χ2v) is 7.28. The number of esters is 2. The van der Waals surface area contributed by atoms with Crippen LogP contribution < -0.4 is 11.2 Å². The van der Waals surface area contributed by atoms with E-state index in [9.17, 15) is 19.2 Å². The van der Waals surface area contributed by atoms with Crippen molar-refractivity contribution in [2.45, 2.75) is 45.6 Å². The van der Waals surface area contributed by atoms with Crippen molar-refractivity contribution < 1.29 is 19.1 Å². The van der Waals surface area contributed by atoms with Crippen LogP contribution >= 0.6 is 11.3 Å². The first-order valence-corrected chi connectivity index (χ1v) is 9.28. The molecule has 0 spiro atoms. The first-order chi connectivity index (χ1) is 12.3. The number of nitrogens with one attached hydrogen (secondary N) is 1. The highest BCUT2D eigenvalue weighted by Gasteiger charge is 2.49. The van der Waals surface area contributed by atoms with Crippen LogP contribution in [0.5, 0.6) is 0 Å². The molecule has 1 aliphatic rings. The topological polar surface area (TPSA) is 107 Å². The largest absolute Gasteiger partial charge is 0.466 e. The van der Waals surface area contributed by atoms with E-state index in [1.54, 1.807) is 20.8 Å². The summed E-state index contributed by atoms with van der Waals surface area (Å²) < 4.78 is 11.1. The van der Waals surface area contributed by atoms with Crippen LogP contribution in [0.4, 0.5) is 0 Å². The first-order valence-electron chi connectivity index (χ1n) is 8.46. The van der Waals surface area contributed by atoms with E-state index in [4.69, 9.17) is 9.47 Å². The van der Waals surface area contributed by atoms with Gasteiger partial charge in [-0.3, -0.25) is 19.1 Å². The van der Waals surface area contributed by atoms with Crippen LogP contribution in [0, 0.1) is 6.92 Å². The van der Waals surface area contributed by atoms with Crippen LogP contribution in [0.2, 0.25) is 0 Å². The molecule has 26 heavy (non-hydrogen) atoms. The molecule has 0 radical (unpaired) electrons. The number of carbonyl (C=O) groups is 2. The molecule has 9 heteroatoms. The fourth-order valence-corrected chi connectivity index (χ4v) is 4.23. The molecule has 0 atom stereocenters. The summed E-state index contributed by atoms with van der Waals surface area (Å²) >= 11 is 1.03. The molecule has 2 heterocycles. The second-order valence-electron chi connectivity index (χ2n) is 6.26. The molecule has 1 aliphatic carbocycles. The van der Waals surface area contributed by atoms with Gasteiger partial charge in [-0.1, -0.05) is 0 Å². The summed E-state index contributed by atoms with van der Waals surface area (Å²) in [5.74, 6) is -0.962. The SMILES string of the molecule is CCOC(=O)CC1(n2c(=O)[nH]c3sc(C(=O)OCC)c(C)c3c2=O)CC1. The van der Waals surface area contributed by atoms with Gasteiger partial charge < -0.3 is 9.47 Å². The highest BCUT2D eigenvalue weighted by atomic mass is 32.1. The Morgan fingerprint density at radius 1 is 1.19 bits per heavy atom. The monoisotopic (exact) mass is 380 g/mol. The molecule has 1 fully saturated rings. The van der Waals surface area contributed by atoms with Crippen LogP contribution in [-0.2, 0) is 19.8 Å². The van der Waals surface area contributed by atoms with Gasteiger partial charge in [0.05, 0.1) is 30.6 Å². The van der Waals surface area contributed by atoms with Gasteiger partial charge in [-0.2, -0.15) is 0 Å². The molecule has 1 saturated carbocycles. The number of fused-ring (bicyclic) bond motifs is 1. The Hall–Kier alpha value is -2.42. The van der Waals surface area contributed by atoms with Gasteiger partial charge in [0.2, 0.25) is 0 Å². The van der Waals surface area contributed by atoms with Crippen molar-refractivity contribution >= 4 is 33.5 Å². The van der Waals surface area contributed by atoms with Gasteiger partial charge in [0.15, 0.2) is 0 Å². The van der Waals surface area contributed by atoms with Crippen molar-refractivity contribution in [1.82, 2.24) is 9.55 Å². The first kappa shape index (κ1) is 18.4. The molecular weight excluding hydrogens is 360 g/mol.